The van der Waals surface area contributed by atoms with Gasteiger partial charge >= 0.3 is 0 Å². The Balaban J connectivity index is 0.000000230. The summed E-state index contributed by atoms with van der Waals surface area (Å²) in [6.45, 7) is 0. The summed E-state index contributed by atoms with van der Waals surface area (Å²) in [5.74, 6) is -1.29. The van der Waals surface area contributed by atoms with Gasteiger partial charge in [0.2, 0.25) is 0 Å². The van der Waals surface area contributed by atoms with E-state index in [4.69, 9.17) is 0 Å². The molecule has 0 N–H and O–H groups in total. The van der Waals surface area contributed by atoms with Crippen molar-refractivity contribution in [3.8, 4) is 33.8 Å². The Bertz CT molecular complexity index is 1800. The molecule has 0 aliphatic carbocycles. The third kappa shape index (κ3) is 10.8. The minimum absolute atomic E-state index is 0. The molecule has 7 aromatic rings. The molecule has 3 nitrogen and oxygen atoms in total. The molecule has 0 aliphatic rings. The number of benzene rings is 4. The standard InChI is InChI=1S/C15H10N.C11H6F2N.C11H8N.3Ir/c1-2-7-13(8-3-1)15-14-9-5-4-6-12(14)10-11-16-15;12-8-4-5-9(10(13)7-8)11-3-1-2-6-14-11;1-2-6-10(7-3-1)11-8-4-5-9-12-11;;;/h1-7,9-11H;1-4,6-7H;1-6,8-9H;;;/q3*-1;;;. The molecule has 0 unspecified atom stereocenters. The van der Waals surface area contributed by atoms with Gasteiger partial charge < -0.3 is 15.0 Å². The molecule has 8 heteroatoms. The summed E-state index contributed by atoms with van der Waals surface area (Å²) in [5.41, 5.74) is 4.69. The topological polar surface area (TPSA) is 38.7 Å². The summed E-state index contributed by atoms with van der Waals surface area (Å²) >= 11 is 0. The molecule has 3 heterocycles. The van der Waals surface area contributed by atoms with Gasteiger partial charge in [-0.05, 0) is 46.1 Å². The normalized spacial score (nSPS) is 9.47. The Labute approximate surface area is 302 Å². The van der Waals surface area contributed by atoms with Gasteiger partial charge in [-0.15, -0.1) is 83.9 Å². The average molecular weight is 1130 g/mol. The molecule has 0 bridgehead atoms. The van der Waals surface area contributed by atoms with E-state index >= 15 is 0 Å². The maximum absolute atomic E-state index is 13.2. The second-order valence-corrected chi connectivity index (χ2v) is 8.90. The third-order valence-electron chi connectivity index (χ3n) is 6.07. The van der Waals surface area contributed by atoms with Crippen LogP contribution in [0.1, 0.15) is 0 Å². The number of hydrogen-bond donors (Lipinski definition) is 0. The number of fused-ring (bicyclic) bond motifs is 1. The van der Waals surface area contributed by atoms with Crippen LogP contribution in [0.4, 0.5) is 8.78 Å². The summed E-state index contributed by atoms with van der Waals surface area (Å²) in [7, 11) is 0. The van der Waals surface area contributed by atoms with Gasteiger partial charge in [-0.25, -0.2) is 0 Å². The predicted molar refractivity (Wildman–Crippen MR) is 163 cm³/mol. The fraction of sp³-hybridized carbons (Fsp3) is 0. The second-order valence-electron chi connectivity index (χ2n) is 8.90. The van der Waals surface area contributed by atoms with E-state index in [2.05, 4.69) is 45.3 Å². The molecule has 0 saturated carbocycles. The van der Waals surface area contributed by atoms with Crippen molar-refractivity contribution in [1.29, 1.82) is 0 Å². The molecule has 0 amide bonds. The molecular weight excluding hydrogens is 1100 g/mol. The van der Waals surface area contributed by atoms with E-state index in [1.165, 1.54) is 10.8 Å². The maximum Gasteiger partial charge on any atom is 0.0408 e. The quantitative estimate of drug-likeness (QED) is 0.166. The van der Waals surface area contributed by atoms with E-state index in [1.807, 2.05) is 91.1 Å². The number of aromatic nitrogens is 3. The van der Waals surface area contributed by atoms with Crippen molar-refractivity contribution in [2.45, 2.75) is 0 Å². The number of halogens is 2. The zero-order chi connectivity index (χ0) is 29.0. The summed E-state index contributed by atoms with van der Waals surface area (Å²) in [6.07, 6.45) is 5.18. The van der Waals surface area contributed by atoms with Gasteiger partial charge in [0.25, 0.3) is 0 Å². The molecule has 231 valence electrons. The molecule has 3 radical (unpaired) electrons. The van der Waals surface area contributed by atoms with E-state index < -0.39 is 11.6 Å². The van der Waals surface area contributed by atoms with E-state index in [0.29, 0.717) is 5.69 Å². The minimum Gasteiger partial charge on any atom is -0.305 e. The zero-order valence-electron chi connectivity index (χ0n) is 23.5. The smallest absolute Gasteiger partial charge is 0.0408 e. The Morgan fingerprint density at radius 1 is 0.511 bits per heavy atom. The summed E-state index contributed by atoms with van der Waals surface area (Å²) in [5, 5.41) is 2.39. The van der Waals surface area contributed by atoms with Crippen LogP contribution < -0.4 is 0 Å². The first-order chi connectivity index (χ1) is 20.7. The van der Waals surface area contributed by atoms with Crippen molar-refractivity contribution in [3.05, 3.63) is 176 Å². The number of rotatable bonds is 3. The Hall–Kier alpha value is -3.60. The van der Waals surface area contributed by atoms with Crippen LogP contribution in [-0.4, -0.2) is 15.0 Å². The van der Waals surface area contributed by atoms with Crippen LogP contribution in [0.2, 0.25) is 0 Å². The van der Waals surface area contributed by atoms with Gasteiger partial charge in [-0.2, -0.15) is 0 Å². The van der Waals surface area contributed by atoms with Crippen molar-refractivity contribution >= 4 is 10.8 Å². The van der Waals surface area contributed by atoms with Gasteiger partial charge in [-0.1, -0.05) is 60.2 Å². The van der Waals surface area contributed by atoms with Crippen molar-refractivity contribution in [3.63, 3.8) is 0 Å². The van der Waals surface area contributed by atoms with E-state index in [9.17, 15) is 8.78 Å². The Morgan fingerprint density at radius 2 is 1.11 bits per heavy atom. The van der Waals surface area contributed by atoms with E-state index in [0.717, 1.165) is 34.6 Å². The van der Waals surface area contributed by atoms with Crippen molar-refractivity contribution < 1.29 is 69.1 Å². The first-order valence-corrected chi connectivity index (χ1v) is 13.2. The van der Waals surface area contributed by atoms with E-state index in [-0.39, 0.29) is 65.9 Å². The Kier molecular flexibility index (Phi) is 16.5. The molecule has 7 rings (SSSR count). The van der Waals surface area contributed by atoms with Gasteiger partial charge in [0.1, 0.15) is 0 Å². The summed E-state index contributed by atoms with van der Waals surface area (Å²) < 4.78 is 25.8. The fourth-order valence-corrected chi connectivity index (χ4v) is 4.10. The predicted octanol–water partition coefficient (Wildman–Crippen LogP) is 9.07. The zero-order valence-corrected chi connectivity index (χ0v) is 30.6. The fourth-order valence-electron chi connectivity index (χ4n) is 4.10. The van der Waals surface area contributed by atoms with Crippen molar-refractivity contribution in [1.82, 2.24) is 15.0 Å². The molecule has 0 aliphatic heterocycles. The molecule has 0 atom stereocenters. The van der Waals surface area contributed by atoms with Gasteiger partial charge in [0.05, 0.1) is 0 Å². The first-order valence-electron chi connectivity index (χ1n) is 13.2. The van der Waals surface area contributed by atoms with Crippen LogP contribution in [0, 0.1) is 29.8 Å². The van der Waals surface area contributed by atoms with Crippen LogP contribution in [0.25, 0.3) is 44.5 Å². The van der Waals surface area contributed by atoms with Crippen LogP contribution in [0.3, 0.4) is 0 Å². The number of hydrogen-bond acceptors (Lipinski definition) is 3. The molecule has 0 fully saturated rings. The molecule has 0 saturated heterocycles. The first kappa shape index (κ1) is 37.6. The van der Waals surface area contributed by atoms with Crippen LogP contribution in [-0.2, 0) is 60.3 Å². The SMILES string of the molecule is Fc1c[c-]c(-c2ccccn2)c(F)c1.[Ir].[Ir].[Ir].[c-]1ccccc1-c1ccccn1.[c-]1ccccc1-c1nccc2ccccc12. The largest absolute Gasteiger partial charge is 0.305 e. The van der Waals surface area contributed by atoms with Crippen molar-refractivity contribution in [2.75, 3.05) is 0 Å². The average Bonchev–Trinajstić information content (AvgIpc) is 3.07. The molecule has 4 aromatic carbocycles. The van der Waals surface area contributed by atoms with Crippen LogP contribution in [0.15, 0.2) is 146 Å². The van der Waals surface area contributed by atoms with Gasteiger partial charge in [-0.3, -0.25) is 8.78 Å². The Morgan fingerprint density at radius 3 is 1.71 bits per heavy atom. The van der Waals surface area contributed by atoms with Crippen molar-refractivity contribution in [2.24, 2.45) is 0 Å². The van der Waals surface area contributed by atoms with Crippen LogP contribution in [0.5, 0.6) is 0 Å². The number of nitrogens with zero attached hydrogens (tertiary/aromatic N) is 3. The molecule has 0 spiro atoms. The molecule has 3 aromatic heterocycles. The van der Waals surface area contributed by atoms with Gasteiger partial charge in [0.15, 0.2) is 0 Å². The minimum atomic E-state index is -0.649. The van der Waals surface area contributed by atoms with Gasteiger partial charge in [0, 0.05) is 90.5 Å². The van der Waals surface area contributed by atoms with E-state index in [1.54, 1.807) is 30.6 Å². The molecular formula is C37H24F2Ir3N3-3. The van der Waals surface area contributed by atoms with Crippen LogP contribution >= 0.6 is 0 Å². The molecule has 45 heavy (non-hydrogen) atoms. The monoisotopic (exact) mass is 1130 g/mol. The summed E-state index contributed by atoms with van der Waals surface area (Å²) in [6, 6.07) is 47.8. The maximum atomic E-state index is 13.2. The summed E-state index contributed by atoms with van der Waals surface area (Å²) in [4.78, 5) is 12.6. The third-order valence-corrected chi connectivity index (χ3v) is 6.07. The second kappa shape index (κ2) is 19.7. The number of pyridine rings is 3.